The third-order valence-corrected chi connectivity index (χ3v) is 4.77. The van der Waals surface area contributed by atoms with Crippen LogP contribution >= 0.6 is 11.6 Å². The number of aromatic nitrogens is 2. The van der Waals surface area contributed by atoms with E-state index in [0.717, 1.165) is 22.5 Å². The minimum absolute atomic E-state index is 0.190. The van der Waals surface area contributed by atoms with E-state index in [0.29, 0.717) is 11.4 Å². The van der Waals surface area contributed by atoms with E-state index in [1.807, 2.05) is 27.8 Å². The first-order chi connectivity index (χ1) is 12.2. The first-order valence-electron chi connectivity index (χ1n) is 8.43. The Morgan fingerprint density at radius 1 is 1.27 bits per heavy atom. The Hall–Kier alpha value is -2.34. The van der Waals surface area contributed by atoms with Crippen molar-refractivity contribution >= 4 is 23.5 Å². The van der Waals surface area contributed by atoms with Gasteiger partial charge in [-0.25, -0.2) is 0 Å². The van der Waals surface area contributed by atoms with E-state index in [-0.39, 0.29) is 24.9 Å². The van der Waals surface area contributed by atoms with Crippen LogP contribution in [0.5, 0.6) is 0 Å². The van der Waals surface area contributed by atoms with E-state index in [2.05, 4.69) is 5.10 Å². The Balaban J connectivity index is 2.16. The standard InChI is InChI=1S/C19H24ClN3O3/c1-12(9-17-13(2)21-22(4)14(17)3)19(26)23(11-18(24)25)10-15-5-7-16(20)8-6-15/h5-8,12H,9-11H2,1-4H3,(H,24,25). The molecule has 0 aliphatic carbocycles. The molecule has 2 rings (SSSR count). The van der Waals surface area contributed by atoms with E-state index < -0.39 is 5.97 Å². The summed E-state index contributed by atoms with van der Waals surface area (Å²) < 4.78 is 1.80. The number of aryl methyl sites for hydroxylation is 2. The van der Waals surface area contributed by atoms with Crippen molar-refractivity contribution in [1.82, 2.24) is 14.7 Å². The molecule has 1 unspecified atom stereocenters. The molecule has 0 aliphatic rings. The molecule has 1 aromatic carbocycles. The first kappa shape index (κ1) is 20.0. The second kappa shape index (κ2) is 8.36. The molecule has 0 aliphatic heterocycles. The topological polar surface area (TPSA) is 75.4 Å². The number of hydrogen-bond acceptors (Lipinski definition) is 3. The lowest BCUT2D eigenvalue weighted by atomic mass is 9.98. The summed E-state index contributed by atoms with van der Waals surface area (Å²) >= 11 is 5.88. The maximum atomic E-state index is 12.9. The number of carbonyl (C=O) groups excluding carboxylic acids is 1. The molecule has 1 N–H and O–H groups in total. The van der Waals surface area contributed by atoms with Gasteiger partial charge in [0.05, 0.1) is 5.69 Å². The van der Waals surface area contributed by atoms with Crippen molar-refractivity contribution in [3.63, 3.8) is 0 Å². The van der Waals surface area contributed by atoms with Gasteiger partial charge in [0.2, 0.25) is 5.91 Å². The van der Waals surface area contributed by atoms with Gasteiger partial charge in [-0.3, -0.25) is 14.3 Å². The Bertz CT molecular complexity index is 799. The van der Waals surface area contributed by atoms with Crippen LogP contribution in [-0.4, -0.2) is 38.2 Å². The monoisotopic (exact) mass is 377 g/mol. The van der Waals surface area contributed by atoms with Gasteiger partial charge < -0.3 is 10.0 Å². The molecular formula is C19H24ClN3O3. The number of benzene rings is 1. The van der Waals surface area contributed by atoms with Crippen LogP contribution in [0.4, 0.5) is 0 Å². The molecular weight excluding hydrogens is 354 g/mol. The van der Waals surface area contributed by atoms with Crippen LogP contribution in [0.3, 0.4) is 0 Å². The van der Waals surface area contributed by atoms with Crippen LogP contribution < -0.4 is 0 Å². The molecule has 26 heavy (non-hydrogen) atoms. The van der Waals surface area contributed by atoms with Gasteiger partial charge in [0.15, 0.2) is 0 Å². The molecule has 0 saturated heterocycles. The molecule has 1 aromatic heterocycles. The number of rotatable bonds is 7. The highest BCUT2D eigenvalue weighted by Gasteiger charge is 2.25. The van der Waals surface area contributed by atoms with Crippen molar-refractivity contribution in [2.24, 2.45) is 13.0 Å². The molecule has 2 aromatic rings. The van der Waals surface area contributed by atoms with Crippen LogP contribution in [0.25, 0.3) is 0 Å². The number of carboxylic acids is 1. The Morgan fingerprint density at radius 2 is 1.88 bits per heavy atom. The Kier molecular flexibility index (Phi) is 6.42. The van der Waals surface area contributed by atoms with Gasteiger partial charge in [0, 0.05) is 30.2 Å². The zero-order valence-corrected chi connectivity index (χ0v) is 16.2. The van der Waals surface area contributed by atoms with Crippen molar-refractivity contribution in [1.29, 1.82) is 0 Å². The third-order valence-electron chi connectivity index (χ3n) is 4.52. The molecule has 6 nitrogen and oxygen atoms in total. The minimum Gasteiger partial charge on any atom is -0.480 e. The third kappa shape index (κ3) is 4.85. The number of amides is 1. The highest BCUT2D eigenvalue weighted by Crippen LogP contribution is 2.19. The van der Waals surface area contributed by atoms with Gasteiger partial charge >= 0.3 is 5.97 Å². The Labute approximate surface area is 158 Å². The zero-order chi connectivity index (χ0) is 19.4. The summed E-state index contributed by atoms with van der Waals surface area (Å²) in [5.41, 5.74) is 3.79. The van der Waals surface area contributed by atoms with Gasteiger partial charge in [-0.05, 0) is 43.5 Å². The molecule has 140 valence electrons. The normalized spacial score (nSPS) is 12.0. The van der Waals surface area contributed by atoms with Crippen LogP contribution in [0.15, 0.2) is 24.3 Å². The molecule has 1 atom stereocenters. The number of nitrogens with zero attached hydrogens (tertiary/aromatic N) is 3. The summed E-state index contributed by atoms with van der Waals surface area (Å²) in [6, 6.07) is 7.05. The zero-order valence-electron chi connectivity index (χ0n) is 15.5. The fraction of sp³-hybridized carbons (Fsp3) is 0.421. The van der Waals surface area contributed by atoms with E-state index in [9.17, 15) is 14.7 Å². The van der Waals surface area contributed by atoms with Crippen LogP contribution in [0.2, 0.25) is 5.02 Å². The average molecular weight is 378 g/mol. The summed E-state index contributed by atoms with van der Waals surface area (Å²) in [7, 11) is 1.87. The van der Waals surface area contributed by atoms with Crippen molar-refractivity contribution in [3.8, 4) is 0 Å². The first-order valence-corrected chi connectivity index (χ1v) is 8.81. The highest BCUT2D eigenvalue weighted by molar-refractivity contribution is 6.30. The predicted octanol–water partition coefficient (Wildman–Crippen LogP) is 2.98. The molecule has 7 heteroatoms. The van der Waals surface area contributed by atoms with E-state index in [1.165, 1.54) is 4.90 Å². The summed E-state index contributed by atoms with van der Waals surface area (Å²) in [6.07, 6.45) is 0.529. The average Bonchev–Trinajstić information content (AvgIpc) is 2.81. The molecule has 0 spiro atoms. The maximum absolute atomic E-state index is 12.9. The SMILES string of the molecule is Cc1nn(C)c(C)c1CC(C)C(=O)N(CC(=O)O)Cc1ccc(Cl)cc1. The molecule has 0 radical (unpaired) electrons. The second-order valence-electron chi connectivity index (χ2n) is 6.59. The van der Waals surface area contributed by atoms with E-state index in [4.69, 9.17) is 11.6 Å². The fourth-order valence-corrected chi connectivity index (χ4v) is 3.13. The van der Waals surface area contributed by atoms with Gasteiger partial charge in [0.1, 0.15) is 6.54 Å². The highest BCUT2D eigenvalue weighted by atomic mass is 35.5. The van der Waals surface area contributed by atoms with Gasteiger partial charge in [-0.15, -0.1) is 0 Å². The predicted molar refractivity (Wildman–Crippen MR) is 100 cm³/mol. The number of carboxylic acid groups (broad SMARTS) is 1. The molecule has 0 bridgehead atoms. The van der Waals surface area contributed by atoms with Crippen LogP contribution in [0, 0.1) is 19.8 Å². The molecule has 1 amide bonds. The van der Waals surface area contributed by atoms with Crippen LogP contribution in [-0.2, 0) is 29.6 Å². The van der Waals surface area contributed by atoms with Gasteiger partial charge in [-0.2, -0.15) is 5.10 Å². The molecule has 0 fully saturated rings. The Morgan fingerprint density at radius 3 is 2.38 bits per heavy atom. The number of aliphatic carboxylic acids is 1. The van der Waals surface area contributed by atoms with Crippen molar-refractivity contribution in [3.05, 3.63) is 51.8 Å². The van der Waals surface area contributed by atoms with E-state index >= 15 is 0 Å². The lowest BCUT2D eigenvalue weighted by molar-refractivity contribution is -0.146. The minimum atomic E-state index is -1.03. The quantitative estimate of drug-likeness (QED) is 0.804. The molecule has 1 heterocycles. The smallest absolute Gasteiger partial charge is 0.323 e. The van der Waals surface area contributed by atoms with E-state index in [1.54, 1.807) is 28.9 Å². The van der Waals surface area contributed by atoms with Crippen molar-refractivity contribution in [2.75, 3.05) is 6.54 Å². The maximum Gasteiger partial charge on any atom is 0.323 e. The number of hydrogen-bond donors (Lipinski definition) is 1. The lowest BCUT2D eigenvalue weighted by Crippen LogP contribution is -2.39. The van der Waals surface area contributed by atoms with Crippen LogP contribution in [0.1, 0.15) is 29.4 Å². The van der Waals surface area contributed by atoms with Crippen molar-refractivity contribution in [2.45, 2.75) is 33.7 Å². The summed E-state index contributed by atoms with van der Waals surface area (Å²) in [5, 5.41) is 14.2. The second-order valence-corrected chi connectivity index (χ2v) is 7.03. The summed E-state index contributed by atoms with van der Waals surface area (Å²) in [5.74, 6) is -1.57. The summed E-state index contributed by atoms with van der Waals surface area (Å²) in [6.45, 7) is 5.61. The lowest BCUT2D eigenvalue weighted by Gasteiger charge is -2.24. The van der Waals surface area contributed by atoms with Crippen molar-refractivity contribution < 1.29 is 14.7 Å². The largest absolute Gasteiger partial charge is 0.480 e. The molecule has 0 saturated carbocycles. The van der Waals surface area contributed by atoms with Gasteiger partial charge in [-0.1, -0.05) is 30.7 Å². The summed E-state index contributed by atoms with van der Waals surface area (Å²) in [4.78, 5) is 25.5. The number of carbonyl (C=O) groups is 2. The fourth-order valence-electron chi connectivity index (χ4n) is 3.00. The van der Waals surface area contributed by atoms with Gasteiger partial charge in [0.25, 0.3) is 0 Å². The number of halogens is 1.